The predicted octanol–water partition coefficient (Wildman–Crippen LogP) is 7.97. The summed E-state index contributed by atoms with van der Waals surface area (Å²) in [6, 6.07) is 39.0. The number of hydrogen-bond donors (Lipinski definition) is 1. The number of carbonyl (C=O) groups excluding carboxylic acids is 2. The van der Waals surface area contributed by atoms with E-state index in [1.54, 1.807) is 12.0 Å². The van der Waals surface area contributed by atoms with Gasteiger partial charge in [-0.1, -0.05) is 109 Å². The number of para-hydroxylation sites is 2. The lowest BCUT2D eigenvalue weighted by Crippen LogP contribution is -2.51. The normalized spacial score (nSPS) is 21.4. The molecule has 312 valence electrons. The van der Waals surface area contributed by atoms with Crippen LogP contribution < -0.4 is 24.5 Å². The van der Waals surface area contributed by atoms with Crippen molar-refractivity contribution < 1.29 is 28.9 Å². The molecule has 1 aromatic heterocycles. The highest BCUT2D eigenvalue weighted by Gasteiger charge is 2.66. The largest absolute Gasteiger partial charge is 0.497 e. The summed E-state index contributed by atoms with van der Waals surface area (Å²) in [7, 11) is -0.769. The van der Waals surface area contributed by atoms with Gasteiger partial charge in [-0.2, -0.15) is 0 Å². The molecule has 1 unspecified atom stereocenters. The molecule has 4 heterocycles. The molecule has 1 fully saturated rings. The molecule has 3 aliphatic heterocycles. The van der Waals surface area contributed by atoms with E-state index in [-0.39, 0.29) is 55.1 Å². The Morgan fingerprint density at radius 3 is 2.48 bits per heavy atom. The quantitative estimate of drug-likeness (QED) is 0.123. The minimum Gasteiger partial charge on any atom is -0.497 e. The van der Waals surface area contributed by atoms with E-state index >= 15 is 4.79 Å². The van der Waals surface area contributed by atoms with Crippen LogP contribution in [0.4, 0.5) is 17.1 Å². The van der Waals surface area contributed by atoms with Gasteiger partial charge in [0.1, 0.15) is 11.5 Å². The summed E-state index contributed by atoms with van der Waals surface area (Å²) in [5.41, 5.74) is 4.06. The van der Waals surface area contributed by atoms with Gasteiger partial charge < -0.3 is 24.2 Å². The molecule has 1 spiro atoms. The van der Waals surface area contributed by atoms with E-state index in [1.165, 1.54) is 5.19 Å². The molecular formula is C48H48ClN5O6Si. The third-order valence-corrected chi connectivity index (χ3v) is 17.5. The van der Waals surface area contributed by atoms with E-state index in [0.29, 0.717) is 40.8 Å². The number of nitrogens with zero attached hydrogens (tertiary/aromatic N) is 5. The Labute approximate surface area is 361 Å². The Kier molecular flexibility index (Phi) is 10.8. The number of fused-ring (bicyclic) bond motifs is 3. The highest BCUT2D eigenvalue weighted by molar-refractivity contribution is 6.91. The zero-order valence-electron chi connectivity index (χ0n) is 34.6. The summed E-state index contributed by atoms with van der Waals surface area (Å²) in [6.07, 6.45) is 2.14. The number of aliphatic hydroxyl groups is 1. The Balaban J connectivity index is 1.06. The first kappa shape index (κ1) is 40.6. The number of anilines is 3. The second kappa shape index (κ2) is 16.2. The van der Waals surface area contributed by atoms with Gasteiger partial charge in [0.15, 0.2) is 12.2 Å². The molecule has 9 rings (SSSR count). The van der Waals surface area contributed by atoms with Crippen molar-refractivity contribution in [3.63, 3.8) is 0 Å². The molecule has 5 atom stereocenters. The molecule has 0 aliphatic carbocycles. The second-order valence-corrected chi connectivity index (χ2v) is 21.8. The number of benzene rings is 5. The Bertz CT molecular complexity index is 2590. The maximum atomic E-state index is 15.5. The number of methoxy groups -OCH3 is 1. The zero-order valence-corrected chi connectivity index (χ0v) is 36.3. The van der Waals surface area contributed by atoms with Crippen LogP contribution in [-0.4, -0.2) is 66.4 Å². The summed E-state index contributed by atoms with van der Waals surface area (Å²) in [5.74, 6) is 0.565. The van der Waals surface area contributed by atoms with Crippen molar-refractivity contribution in [3.8, 4) is 11.5 Å². The van der Waals surface area contributed by atoms with Crippen molar-refractivity contribution in [3.05, 3.63) is 155 Å². The second-order valence-electron chi connectivity index (χ2n) is 16.7. The van der Waals surface area contributed by atoms with Crippen LogP contribution >= 0.6 is 11.6 Å². The number of rotatable bonds is 12. The predicted molar refractivity (Wildman–Crippen MR) is 238 cm³/mol. The van der Waals surface area contributed by atoms with Crippen LogP contribution in [0.15, 0.2) is 128 Å². The lowest BCUT2D eigenvalue weighted by molar-refractivity contribution is -0.146. The monoisotopic (exact) mass is 853 g/mol. The van der Waals surface area contributed by atoms with Crippen LogP contribution in [0, 0.1) is 5.92 Å². The number of hydrogen-bond acceptors (Lipinski definition) is 8. The van der Waals surface area contributed by atoms with Crippen LogP contribution in [0.3, 0.4) is 0 Å². The highest BCUT2D eigenvalue weighted by atomic mass is 35.5. The molecule has 0 saturated carbocycles. The van der Waals surface area contributed by atoms with Gasteiger partial charge >= 0.3 is 0 Å². The van der Waals surface area contributed by atoms with Gasteiger partial charge in [-0.05, 0) is 77.7 Å². The van der Waals surface area contributed by atoms with Crippen LogP contribution in [0.1, 0.15) is 41.6 Å². The average molecular weight is 854 g/mol. The van der Waals surface area contributed by atoms with E-state index in [9.17, 15) is 9.90 Å². The summed E-state index contributed by atoms with van der Waals surface area (Å²) >= 11 is 6.79. The van der Waals surface area contributed by atoms with E-state index in [1.807, 2.05) is 125 Å². The smallest absolute Gasteiger partial charge is 0.269 e. The molecule has 13 heteroatoms. The van der Waals surface area contributed by atoms with Crippen LogP contribution in [0.2, 0.25) is 23.7 Å². The SMILES string of the molecule is COc1ccc([Si](C)(C)[C@@H]2[C@@H](CCn3cc(C(CO)c4ccccc4)nn3)O[C@]3(C(=O)N(Cc4cccc(N5C(=O)COc6ccccc65)c4)c4ccc(Cl)cc43)[C@H]2C)cc1. The molecule has 1 saturated heterocycles. The summed E-state index contributed by atoms with van der Waals surface area (Å²) in [6.45, 7) is 7.47. The fourth-order valence-corrected chi connectivity index (χ4v) is 14.2. The fraction of sp³-hybridized carbons (Fsp3) is 0.292. The van der Waals surface area contributed by atoms with Crippen LogP contribution in [-0.2, 0) is 33.0 Å². The lowest BCUT2D eigenvalue weighted by Gasteiger charge is -2.37. The molecule has 1 N–H and O–H groups in total. The zero-order chi connectivity index (χ0) is 42.5. The van der Waals surface area contributed by atoms with Gasteiger partial charge in [0.25, 0.3) is 11.8 Å². The van der Waals surface area contributed by atoms with Gasteiger partial charge in [0.2, 0.25) is 0 Å². The lowest BCUT2D eigenvalue weighted by atomic mass is 9.82. The Morgan fingerprint density at radius 2 is 1.70 bits per heavy atom. The van der Waals surface area contributed by atoms with Crippen LogP contribution in [0.5, 0.6) is 11.5 Å². The number of halogens is 1. The minimum absolute atomic E-state index is 0.00939. The van der Waals surface area contributed by atoms with Crippen molar-refractivity contribution in [2.24, 2.45) is 5.92 Å². The van der Waals surface area contributed by atoms with Crippen molar-refractivity contribution >= 4 is 53.7 Å². The minimum atomic E-state index is -2.44. The molecule has 61 heavy (non-hydrogen) atoms. The van der Waals surface area contributed by atoms with Gasteiger partial charge in [-0.15, -0.1) is 5.10 Å². The molecule has 0 bridgehead atoms. The van der Waals surface area contributed by atoms with Crippen molar-refractivity contribution in [1.29, 1.82) is 0 Å². The fourth-order valence-electron chi connectivity index (χ4n) is 9.97. The van der Waals surface area contributed by atoms with Gasteiger partial charge in [-0.25, -0.2) is 0 Å². The first-order valence-electron chi connectivity index (χ1n) is 20.7. The number of aliphatic hydroxyl groups excluding tert-OH is 1. The standard InChI is InChI=1S/C48H48ClN5O6Si/c1-31-46(61(3,4)37-20-18-36(58-2)19-21-37)44(23-24-52-28-40(50-51-52)38(29-55)33-12-6-5-7-13-33)60-48(31)39-26-34(49)17-22-41(39)53(47(48)57)27-32-11-10-14-35(25-32)54-42-15-8-9-16-43(42)59-30-45(54)56/h5-22,25-26,28,31,38,44,46,55H,23-24,27,29-30H2,1-4H3/t31-,38?,44+,46-,48+/m0/s1. The molecule has 0 radical (unpaired) electrons. The topological polar surface area (TPSA) is 119 Å². The highest BCUT2D eigenvalue weighted by Crippen LogP contribution is 2.60. The number of ether oxygens (including phenoxy) is 3. The van der Waals surface area contributed by atoms with E-state index < -0.39 is 13.7 Å². The number of aromatic nitrogens is 3. The Hall–Kier alpha value is -5.79. The van der Waals surface area contributed by atoms with E-state index in [4.69, 9.17) is 25.8 Å². The number of aryl methyl sites for hydroxylation is 1. The molecule has 6 aromatic rings. The number of amides is 2. The molecule has 11 nitrogen and oxygen atoms in total. The van der Waals surface area contributed by atoms with E-state index in [2.05, 4.69) is 42.5 Å². The van der Waals surface area contributed by atoms with Crippen LogP contribution in [0.25, 0.3) is 0 Å². The summed E-state index contributed by atoms with van der Waals surface area (Å²) in [4.78, 5) is 32.3. The van der Waals surface area contributed by atoms with Gasteiger partial charge in [0, 0.05) is 34.9 Å². The summed E-state index contributed by atoms with van der Waals surface area (Å²) in [5, 5.41) is 21.1. The van der Waals surface area contributed by atoms with Gasteiger partial charge in [-0.3, -0.25) is 19.2 Å². The van der Waals surface area contributed by atoms with Crippen molar-refractivity contribution in [2.45, 2.75) is 62.7 Å². The Morgan fingerprint density at radius 1 is 0.934 bits per heavy atom. The average Bonchev–Trinajstić information content (AvgIpc) is 3.93. The molecule has 5 aromatic carbocycles. The van der Waals surface area contributed by atoms with Crippen molar-refractivity contribution in [2.75, 3.05) is 30.1 Å². The molecule has 3 aliphatic rings. The molecular weight excluding hydrogens is 806 g/mol. The third-order valence-electron chi connectivity index (χ3n) is 13.0. The molecule has 2 amide bonds. The van der Waals surface area contributed by atoms with E-state index in [0.717, 1.165) is 28.1 Å². The summed E-state index contributed by atoms with van der Waals surface area (Å²) < 4.78 is 20.4. The number of carbonyl (C=O) groups is 2. The maximum absolute atomic E-state index is 15.5. The van der Waals surface area contributed by atoms with Crippen molar-refractivity contribution in [1.82, 2.24) is 15.0 Å². The maximum Gasteiger partial charge on any atom is 0.269 e. The first-order chi connectivity index (χ1) is 29.5. The first-order valence-corrected chi connectivity index (χ1v) is 24.1. The third kappa shape index (κ3) is 7.10. The van der Waals surface area contributed by atoms with Gasteiger partial charge in [0.05, 0.1) is 57.4 Å².